The number of carbonyl (C=O) groups is 1. The molecule has 0 saturated carbocycles. The average molecular weight is 222 g/mol. The molecule has 15 heavy (non-hydrogen) atoms. The maximum atomic E-state index is 11.3. The van der Waals surface area contributed by atoms with Crippen LogP contribution in [0.1, 0.15) is 5.69 Å². The van der Waals surface area contributed by atoms with Crippen LogP contribution < -0.4 is 5.32 Å². The summed E-state index contributed by atoms with van der Waals surface area (Å²) in [5.74, 6) is 1.31. The van der Waals surface area contributed by atoms with Gasteiger partial charge >= 0.3 is 0 Å². The van der Waals surface area contributed by atoms with Gasteiger partial charge in [0.15, 0.2) is 0 Å². The van der Waals surface area contributed by atoms with Crippen LogP contribution in [0.3, 0.4) is 0 Å². The molecule has 4 heteroatoms. The smallest absolute Gasteiger partial charge is 0.230 e. The lowest BCUT2D eigenvalue weighted by atomic mass is 10.3. The second kappa shape index (κ2) is 7.06. The first-order chi connectivity index (χ1) is 7.33. The van der Waals surface area contributed by atoms with Gasteiger partial charge in [-0.2, -0.15) is 0 Å². The first-order valence-corrected chi connectivity index (χ1v) is 5.83. The number of amides is 1. The number of pyridine rings is 1. The Bertz CT molecular complexity index is 314. The number of nitrogens with one attached hydrogen (secondary N) is 1. The molecule has 0 aromatic carbocycles. The van der Waals surface area contributed by atoms with Crippen LogP contribution in [0.2, 0.25) is 0 Å². The highest BCUT2D eigenvalue weighted by Gasteiger charge is 2.00. The molecule has 3 nitrogen and oxygen atoms in total. The summed E-state index contributed by atoms with van der Waals surface area (Å²) in [5.41, 5.74) is 0.875. The second-order valence-electron chi connectivity index (χ2n) is 2.90. The highest BCUT2D eigenvalue weighted by molar-refractivity contribution is 8.00. The number of hydrogen-bond donors (Lipinski definition) is 1. The summed E-state index contributed by atoms with van der Waals surface area (Å²) in [5, 5.41) is 2.80. The van der Waals surface area contributed by atoms with Crippen molar-refractivity contribution in [2.45, 2.75) is 6.54 Å². The molecule has 0 bridgehead atoms. The number of aromatic nitrogens is 1. The van der Waals surface area contributed by atoms with Crippen molar-refractivity contribution >= 4 is 17.7 Å². The molecule has 0 saturated heterocycles. The summed E-state index contributed by atoms with van der Waals surface area (Å²) < 4.78 is 0. The van der Waals surface area contributed by atoms with E-state index in [1.807, 2.05) is 18.2 Å². The van der Waals surface area contributed by atoms with Crippen molar-refractivity contribution in [2.75, 3.05) is 11.5 Å². The van der Waals surface area contributed by atoms with Crippen molar-refractivity contribution in [2.24, 2.45) is 0 Å². The van der Waals surface area contributed by atoms with Crippen molar-refractivity contribution in [3.05, 3.63) is 42.7 Å². The molecule has 1 N–H and O–H groups in total. The molecule has 0 aliphatic heterocycles. The Morgan fingerprint density at radius 3 is 3.13 bits per heavy atom. The normalized spacial score (nSPS) is 9.60. The Hall–Kier alpha value is -1.29. The van der Waals surface area contributed by atoms with Crippen molar-refractivity contribution in [3.8, 4) is 0 Å². The Labute approximate surface area is 94.0 Å². The van der Waals surface area contributed by atoms with Gasteiger partial charge in [0.1, 0.15) is 0 Å². The zero-order valence-corrected chi connectivity index (χ0v) is 9.30. The largest absolute Gasteiger partial charge is 0.350 e. The molecular formula is C11H14N2OS. The van der Waals surface area contributed by atoms with Gasteiger partial charge in [-0.25, -0.2) is 0 Å². The molecule has 1 rings (SSSR count). The van der Waals surface area contributed by atoms with E-state index >= 15 is 0 Å². The first-order valence-electron chi connectivity index (χ1n) is 4.68. The predicted molar refractivity (Wildman–Crippen MR) is 63.6 cm³/mol. The van der Waals surface area contributed by atoms with Crippen molar-refractivity contribution in [1.82, 2.24) is 10.3 Å². The summed E-state index contributed by atoms with van der Waals surface area (Å²) >= 11 is 1.55. The van der Waals surface area contributed by atoms with Crippen LogP contribution in [-0.2, 0) is 11.3 Å². The van der Waals surface area contributed by atoms with E-state index in [0.29, 0.717) is 12.3 Å². The predicted octanol–water partition coefficient (Wildman–Crippen LogP) is 1.62. The fourth-order valence-corrected chi connectivity index (χ4v) is 1.55. The van der Waals surface area contributed by atoms with Gasteiger partial charge in [0, 0.05) is 11.9 Å². The minimum Gasteiger partial charge on any atom is -0.350 e. The Morgan fingerprint density at radius 1 is 1.60 bits per heavy atom. The van der Waals surface area contributed by atoms with Crippen LogP contribution >= 0.6 is 11.8 Å². The molecule has 0 radical (unpaired) electrons. The van der Waals surface area contributed by atoms with E-state index in [1.54, 1.807) is 24.0 Å². The van der Waals surface area contributed by atoms with E-state index < -0.39 is 0 Å². The molecule has 1 aromatic heterocycles. The molecule has 0 aliphatic carbocycles. The van der Waals surface area contributed by atoms with Crippen LogP contribution in [0.5, 0.6) is 0 Å². The molecular weight excluding hydrogens is 208 g/mol. The summed E-state index contributed by atoms with van der Waals surface area (Å²) in [7, 11) is 0. The third-order valence-corrected chi connectivity index (χ3v) is 2.60. The molecule has 80 valence electrons. The van der Waals surface area contributed by atoms with E-state index in [2.05, 4.69) is 16.9 Å². The minimum absolute atomic E-state index is 0.0347. The standard InChI is InChI=1S/C11H14N2OS/c1-2-7-15-9-11(14)13-8-10-5-3-4-6-12-10/h2-6H,1,7-9H2,(H,13,14). The molecule has 0 aliphatic rings. The van der Waals surface area contributed by atoms with Crippen LogP contribution in [0.25, 0.3) is 0 Å². The fourth-order valence-electron chi connectivity index (χ4n) is 0.978. The molecule has 0 spiro atoms. The van der Waals surface area contributed by atoms with Gasteiger partial charge in [0.2, 0.25) is 5.91 Å². The third kappa shape index (κ3) is 5.22. The van der Waals surface area contributed by atoms with Gasteiger partial charge in [-0.1, -0.05) is 12.1 Å². The summed E-state index contributed by atoms with van der Waals surface area (Å²) in [4.78, 5) is 15.4. The van der Waals surface area contributed by atoms with Crippen molar-refractivity contribution in [3.63, 3.8) is 0 Å². The summed E-state index contributed by atoms with van der Waals surface area (Å²) in [6, 6.07) is 5.64. The molecule has 1 amide bonds. The quantitative estimate of drug-likeness (QED) is 0.587. The fraction of sp³-hybridized carbons (Fsp3) is 0.273. The highest BCUT2D eigenvalue weighted by atomic mass is 32.2. The minimum atomic E-state index is 0.0347. The summed E-state index contributed by atoms with van der Waals surface area (Å²) in [6.07, 6.45) is 3.50. The van der Waals surface area contributed by atoms with Gasteiger partial charge in [-0.3, -0.25) is 9.78 Å². The molecule has 0 fully saturated rings. The van der Waals surface area contributed by atoms with E-state index in [9.17, 15) is 4.79 Å². The van der Waals surface area contributed by atoms with Gasteiger partial charge in [0.25, 0.3) is 0 Å². The van der Waals surface area contributed by atoms with E-state index in [0.717, 1.165) is 11.4 Å². The Kier molecular flexibility index (Phi) is 5.55. The van der Waals surface area contributed by atoms with Crippen LogP contribution in [0.4, 0.5) is 0 Å². The zero-order chi connectivity index (χ0) is 10.9. The lowest BCUT2D eigenvalue weighted by Gasteiger charge is -2.03. The number of thioether (sulfide) groups is 1. The maximum absolute atomic E-state index is 11.3. The molecule has 0 atom stereocenters. The van der Waals surface area contributed by atoms with Crippen molar-refractivity contribution < 1.29 is 4.79 Å². The lowest BCUT2D eigenvalue weighted by molar-refractivity contribution is -0.118. The monoisotopic (exact) mass is 222 g/mol. The van der Waals surface area contributed by atoms with Crippen LogP contribution in [0, 0.1) is 0 Å². The van der Waals surface area contributed by atoms with Gasteiger partial charge < -0.3 is 5.32 Å². The molecule has 1 heterocycles. The average Bonchev–Trinajstić information content (AvgIpc) is 2.28. The second-order valence-corrected chi connectivity index (χ2v) is 3.93. The topological polar surface area (TPSA) is 42.0 Å². The first kappa shape index (κ1) is 11.8. The number of hydrogen-bond acceptors (Lipinski definition) is 3. The van der Waals surface area contributed by atoms with E-state index in [1.165, 1.54) is 0 Å². The van der Waals surface area contributed by atoms with Crippen molar-refractivity contribution in [1.29, 1.82) is 0 Å². The van der Waals surface area contributed by atoms with Gasteiger partial charge in [0.05, 0.1) is 18.0 Å². The zero-order valence-electron chi connectivity index (χ0n) is 8.48. The molecule has 0 unspecified atom stereocenters. The van der Waals surface area contributed by atoms with Gasteiger partial charge in [-0.15, -0.1) is 18.3 Å². The van der Waals surface area contributed by atoms with E-state index in [4.69, 9.17) is 0 Å². The summed E-state index contributed by atoms with van der Waals surface area (Å²) in [6.45, 7) is 4.08. The molecule has 1 aromatic rings. The van der Waals surface area contributed by atoms with Crippen LogP contribution in [-0.4, -0.2) is 22.4 Å². The number of carbonyl (C=O) groups excluding carboxylic acids is 1. The Morgan fingerprint density at radius 2 is 2.47 bits per heavy atom. The SMILES string of the molecule is C=CCSCC(=O)NCc1ccccn1. The number of rotatable bonds is 6. The third-order valence-electron chi connectivity index (χ3n) is 1.66. The highest BCUT2D eigenvalue weighted by Crippen LogP contribution is 1.99. The Balaban J connectivity index is 2.20. The van der Waals surface area contributed by atoms with Gasteiger partial charge in [-0.05, 0) is 12.1 Å². The lowest BCUT2D eigenvalue weighted by Crippen LogP contribution is -2.25. The van der Waals surface area contributed by atoms with E-state index in [-0.39, 0.29) is 5.91 Å². The maximum Gasteiger partial charge on any atom is 0.230 e. The van der Waals surface area contributed by atoms with Crippen LogP contribution in [0.15, 0.2) is 37.1 Å². The number of nitrogens with zero attached hydrogens (tertiary/aromatic N) is 1.